The van der Waals surface area contributed by atoms with E-state index in [0.717, 1.165) is 0 Å². The predicted molar refractivity (Wildman–Crippen MR) is 228 cm³/mol. The molecule has 0 aliphatic carbocycles. The van der Waals surface area contributed by atoms with E-state index in [1.807, 2.05) is 12.1 Å². The Bertz CT molecular complexity index is 4110. The molecular formula is C52H35NO. The number of rotatable bonds is 7. The first-order valence-electron chi connectivity index (χ1n) is 27.6. The molecule has 0 atom stereocenters. The van der Waals surface area contributed by atoms with Crippen LogP contribution in [-0.2, 0) is 0 Å². The lowest BCUT2D eigenvalue weighted by Gasteiger charge is -2.28. The number of fused-ring (bicyclic) bond motifs is 5. The SMILES string of the molecule is [2H]c1c([2H])c([2H])c(-c2c([2H])c([2H])c(-c3ccc(N(c4ccccc4-c4ccccc4)c4c([2H])c([2H])c(-c5c([2H])c([2H])c6c([2H])c([2H])c7oc8c([2H])c([2H])c([2H])c([2H])c8c7c6c5[2H])c([2H])c4[2H])cc3)c([2H])c2[2H])c([2H])c1[2H]. The van der Waals surface area contributed by atoms with Gasteiger partial charge in [-0.1, -0.05) is 163 Å². The first-order chi connectivity index (χ1) is 36.0. The molecule has 0 N–H and O–H groups in total. The first kappa shape index (κ1) is 16.2. The molecule has 0 saturated carbocycles. The van der Waals surface area contributed by atoms with Crippen molar-refractivity contribution >= 4 is 49.8 Å². The third kappa shape index (κ3) is 5.71. The molecule has 0 bridgehead atoms. The van der Waals surface area contributed by atoms with Crippen molar-refractivity contribution in [2.24, 2.45) is 0 Å². The summed E-state index contributed by atoms with van der Waals surface area (Å²) in [5, 5.41) is -1.27. The Balaban J connectivity index is 1.21. The van der Waals surface area contributed by atoms with Crippen molar-refractivity contribution in [3.05, 3.63) is 212 Å². The Hall–Kier alpha value is -7.16. The summed E-state index contributed by atoms with van der Waals surface area (Å²) in [6.45, 7) is 0. The van der Waals surface area contributed by atoms with Gasteiger partial charge in [0.1, 0.15) is 11.2 Å². The van der Waals surface area contributed by atoms with Crippen LogP contribution in [0.4, 0.5) is 17.1 Å². The maximum atomic E-state index is 9.69. The Morgan fingerprint density at radius 2 is 1.00 bits per heavy atom. The van der Waals surface area contributed by atoms with Gasteiger partial charge >= 0.3 is 0 Å². The van der Waals surface area contributed by atoms with Gasteiger partial charge in [0.15, 0.2) is 0 Å². The number of hydrogen-bond donors (Lipinski definition) is 0. The van der Waals surface area contributed by atoms with Crippen LogP contribution in [0.3, 0.4) is 0 Å². The van der Waals surface area contributed by atoms with Crippen molar-refractivity contribution in [1.29, 1.82) is 0 Å². The zero-order valence-electron chi connectivity index (χ0n) is 49.9. The summed E-state index contributed by atoms with van der Waals surface area (Å²) in [6, 6.07) is 6.70. The molecule has 0 unspecified atom stereocenters. The lowest BCUT2D eigenvalue weighted by molar-refractivity contribution is 0.669. The second kappa shape index (κ2) is 13.4. The van der Waals surface area contributed by atoms with Gasteiger partial charge in [-0.25, -0.2) is 0 Å². The third-order valence-corrected chi connectivity index (χ3v) is 8.80. The minimum absolute atomic E-state index is 0.136. The minimum Gasteiger partial charge on any atom is -0.456 e. The van der Waals surface area contributed by atoms with E-state index in [9.17, 15) is 8.22 Å². The van der Waals surface area contributed by atoms with Crippen molar-refractivity contribution in [2.45, 2.75) is 0 Å². The Morgan fingerprint density at radius 1 is 0.389 bits per heavy atom. The van der Waals surface area contributed by atoms with E-state index in [2.05, 4.69) is 0 Å². The van der Waals surface area contributed by atoms with Crippen molar-refractivity contribution < 1.29 is 34.6 Å². The molecule has 2 heteroatoms. The standard InChI is InChI=1S/C52H35NO/c1-3-11-36(12-4-1)37-19-21-38(22-20-37)39-25-30-44(31-26-39)53(49-17-9-7-15-46(49)41-13-5-2-6-14-41)45-32-27-40(28-33-45)43-24-23-42-29-34-51-52(48(42)35-43)47-16-8-10-18-50(47)54-51/h1-35H/i1D,3D,4D,8D,10D,11D,12D,16D,18D,19D,20D,21D,22D,23D,24D,27D,28D,29D,32D,33D,34D,35D. The highest BCUT2D eigenvalue weighted by atomic mass is 16.3. The number of benzene rings is 9. The van der Waals surface area contributed by atoms with Crippen LogP contribution >= 0.6 is 0 Å². The summed E-state index contributed by atoms with van der Waals surface area (Å²) in [7, 11) is 0. The molecule has 0 aliphatic heterocycles. The predicted octanol–water partition coefficient (Wildman–Crippen LogP) is 14.9. The van der Waals surface area contributed by atoms with Crippen molar-refractivity contribution in [3.63, 3.8) is 0 Å². The fraction of sp³-hybridized carbons (Fsp3) is 0. The van der Waals surface area contributed by atoms with Crippen LogP contribution < -0.4 is 4.90 Å². The fourth-order valence-electron chi connectivity index (χ4n) is 6.27. The van der Waals surface area contributed by atoms with Crippen LogP contribution in [0.25, 0.3) is 77.2 Å². The molecule has 10 rings (SSSR count). The van der Waals surface area contributed by atoms with E-state index in [0.29, 0.717) is 16.8 Å². The number of hydrogen-bond acceptors (Lipinski definition) is 2. The second-order valence-corrected chi connectivity index (χ2v) is 12.0. The summed E-state index contributed by atoms with van der Waals surface area (Å²) < 4.78 is 201. The number of anilines is 3. The molecule has 10 aromatic rings. The lowest BCUT2D eigenvalue weighted by Crippen LogP contribution is -2.11. The van der Waals surface area contributed by atoms with Crippen molar-refractivity contribution in [3.8, 4) is 44.5 Å². The quantitative estimate of drug-likeness (QED) is 0.164. The molecule has 0 spiro atoms. The van der Waals surface area contributed by atoms with E-state index < -0.39 is 172 Å². The summed E-state index contributed by atoms with van der Waals surface area (Å²) in [4.78, 5) is 1.43. The Labute approximate surface area is 345 Å². The number of furan rings is 1. The van der Waals surface area contributed by atoms with E-state index in [4.69, 9.17) is 26.3 Å². The van der Waals surface area contributed by atoms with Crippen molar-refractivity contribution in [2.75, 3.05) is 4.90 Å². The lowest BCUT2D eigenvalue weighted by atomic mass is 9.97. The van der Waals surface area contributed by atoms with E-state index in [1.165, 1.54) is 29.2 Å². The van der Waals surface area contributed by atoms with Gasteiger partial charge in [0.25, 0.3) is 0 Å². The molecule has 254 valence electrons. The Morgan fingerprint density at radius 3 is 1.80 bits per heavy atom. The van der Waals surface area contributed by atoms with Crippen molar-refractivity contribution in [1.82, 2.24) is 0 Å². The second-order valence-electron chi connectivity index (χ2n) is 12.0. The first-order valence-corrected chi connectivity index (χ1v) is 16.6. The highest BCUT2D eigenvalue weighted by Gasteiger charge is 2.18. The van der Waals surface area contributed by atoms with Gasteiger partial charge in [0, 0.05) is 27.7 Å². The Kier molecular flexibility index (Phi) is 4.04. The van der Waals surface area contributed by atoms with Crippen LogP contribution in [-0.4, -0.2) is 0 Å². The molecule has 2 nitrogen and oxygen atoms in total. The third-order valence-electron chi connectivity index (χ3n) is 8.80. The smallest absolute Gasteiger partial charge is 0.136 e. The number of nitrogens with zero attached hydrogens (tertiary/aromatic N) is 1. The molecule has 1 heterocycles. The zero-order valence-corrected chi connectivity index (χ0v) is 27.9. The monoisotopic (exact) mass is 711 g/mol. The van der Waals surface area contributed by atoms with Crippen LogP contribution in [0, 0.1) is 0 Å². The number of para-hydroxylation sites is 2. The van der Waals surface area contributed by atoms with Crippen LogP contribution in [0.5, 0.6) is 0 Å². The molecule has 1 aromatic heterocycles. The topological polar surface area (TPSA) is 16.4 Å². The largest absolute Gasteiger partial charge is 0.456 e. The van der Waals surface area contributed by atoms with Gasteiger partial charge < -0.3 is 9.32 Å². The van der Waals surface area contributed by atoms with E-state index in [1.54, 1.807) is 42.5 Å². The summed E-state index contributed by atoms with van der Waals surface area (Å²) in [5.74, 6) is 0. The molecule has 0 radical (unpaired) electrons. The van der Waals surface area contributed by atoms with E-state index >= 15 is 0 Å². The summed E-state index contributed by atoms with van der Waals surface area (Å²) >= 11 is 0. The summed E-state index contributed by atoms with van der Waals surface area (Å²) in [5.41, 5.74) is -1.61. The van der Waals surface area contributed by atoms with Crippen LogP contribution in [0.2, 0.25) is 0 Å². The van der Waals surface area contributed by atoms with Gasteiger partial charge in [0.2, 0.25) is 0 Å². The average molecular weight is 712 g/mol. The molecular weight excluding hydrogens is 655 g/mol. The maximum absolute atomic E-state index is 9.69. The average Bonchev–Trinajstić information content (AvgIpc) is 3.91. The fourth-order valence-corrected chi connectivity index (χ4v) is 6.27. The van der Waals surface area contributed by atoms with E-state index in [-0.39, 0.29) is 38.7 Å². The van der Waals surface area contributed by atoms with Gasteiger partial charge in [-0.05, 0) is 98.1 Å². The molecule has 0 fully saturated rings. The summed E-state index contributed by atoms with van der Waals surface area (Å²) in [6.07, 6.45) is 0. The van der Waals surface area contributed by atoms with Gasteiger partial charge in [0.05, 0.1) is 35.8 Å². The normalized spacial score (nSPS) is 17.0. The molecule has 0 saturated heterocycles. The zero-order chi connectivity index (χ0) is 55.0. The highest BCUT2D eigenvalue weighted by Crippen LogP contribution is 2.42. The minimum atomic E-state index is -0.787. The van der Waals surface area contributed by atoms with Gasteiger partial charge in [-0.3, -0.25) is 0 Å². The van der Waals surface area contributed by atoms with Crippen LogP contribution in [0.15, 0.2) is 216 Å². The van der Waals surface area contributed by atoms with Crippen LogP contribution in [0.1, 0.15) is 30.2 Å². The molecule has 0 amide bonds. The molecule has 54 heavy (non-hydrogen) atoms. The highest BCUT2D eigenvalue weighted by molar-refractivity contribution is 6.19. The van der Waals surface area contributed by atoms with Gasteiger partial charge in [-0.15, -0.1) is 0 Å². The van der Waals surface area contributed by atoms with Gasteiger partial charge in [-0.2, -0.15) is 0 Å². The molecule has 0 aliphatic rings. The maximum Gasteiger partial charge on any atom is 0.136 e. The molecule has 9 aromatic carbocycles.